The van der Waals surface area contributed by atoms with Gasteiger partial charge in [0.05, 0.1) is 2.43 Å². The van der Waals surface area contributed by atoms with Crippen LogP contribution in [0, 0.1) is 0 Å². The van der Waals surface area contributed by atoms with Crippen molar-refractivity contribution in [3.05, 3.63) is 0 Å². The largest absolute Gasteiger partial charge is 0.0748 e. The van der Waals surface area contributed by atoms with E-state index in [1.165, 1.54) is 28.1 Å². The zero-order valence-electron chi connectivity index (χ0n) is 6.29. The van der Waals surface area contributed by atoms with Gasteiger partial charge in [0.25, 0.3) is 0 Å². The summed E-state index contributed by atoms with van der Waals surface area (Å²) in [6.07, 6.45) is 5.54. The number of rotatable bonds is 3. The summed E-state index contributed by atoms with van der Waals surface area (Å²) in [6.45, 7) is 4.46. The van der Waals surface area contributed by atoms with Crippen molar-refractivity contribution < 1.29 is 0 Å². The summed E-state index contributed by atoms with van der Waals surface area (Å²) in [5.74, 6) is 0. The molecule has 0 aromatic heterocycles. The van der Waals surface area contributed by atoms with Crippen LogP contribution in [0.2, 0.25) is 0 Å². The highest BCUT2D eigenvalue weighted by Gasteiger charge is 1.75. The molecule has 0 spiro atoms. The van der Waals surface area contributed by atoms with Crippen molar-refractivity contribution in [2.24, 2.45) is 0 Å². The molecule has 0 heterocycles. The second kappa shape index (κ2) is 16.2. The van der Waals surface area contributed by atoms with Crippen molar-refractivity contribution in [1.29, 1.82) is 0 Å². The molecule has 9 heavy (non-hydrogen) atoms. The minimum absolute atomic E-state index is 1.19. The first kappa shape index (κ1) is 13.1. The molecule has 0 aromatic carbocycles. The standard InChI is InChI=1S/C6H14.CH2I2/c1-3-5-6-4-2;2-1-3/h3-6H2,1-2H3;1H2. The molecule has 0 aromatic rings. The third-order valence-electron chi connectivity index (χ3n) is 0.957. The molecule has 0 bridgehead atoms. The van der Waals surface area contributed by atoms with E-state index in [0.29, 0.717) is 0 Å². The van der Waals surface area contributed by atoms with Crippen LogP contribution in [-0.4, -0.2) is 2.43 Å². The summed E-state index contributed by atoms with van der Waals surface area (Å²) >= 11 is 4.55. The van der Waals surface area contributed by atoms with Gasteiger partial charge in [0.1, 0.15) is 0 Å². The third-order valence-corrected chi connectivity index (χ3v) is 0.957. The van der Waals surface area contributed by atoms with E-state index >= 15 is 0 Å². The van der Waals surface area contributed by atoms with Gasteiger partial charge in [-0.2, -0.15) is 0 Å². The molecule has 0 saturated heterocycles. The molecular weight excluding hydrogens is 338 g/mol. The molecule has 0 N–H and O–H groups in total. The fraction of sp³-hybridized carbons (Fsp3) is 1.00. The number of hydrogen-bond donors (Lipinski definition) is 0. The number of hydrogen-bond acceptors (Lipinski definition) is 0. The van der Waals surface area contributed by atoms with Gasteiger partial charge < -0.3 is 0 Å². The molecule has 2 heteroatoms. The predicted molar refractivity (Wildman–Crippen MR) is 62.7 cm³/mol. The molecule has 58 valence electrons. The Morgan fingerprint density at radius 1 is 0.889 bits per heavy atom. The Bertz CT molecular complexity index is 26.1. The number of halogens is 2. The minimum atomic E-state index is 1.19. The summed E-state index contributed by atoms with van der Waals surface area (Å²) in [4.78, 5) is 0. The summed E-state index contributed by atoms with van der Waals surface area (Å²) in [5, 5.41) is 0. The molecule has 0 atom stereocenters. The normalized spacial score (nSPS) is 8.00. The van der Waals surface area contributed by atoms with Gasteiger partial charge in [-0.1, -0.05) is 84.7 Å². The Morgan fingerprint density at radius 3 is 1.22 bits per heavy atom. The third kappa shape index (κ3) is 26.5. The summed E-state index contributed by atoms with van der Waals surface area (Å²) in [5.41, 5.74) is 0. The summed E-state index contributed by atoms with van der Waals surface area (Å²) in [7, 11) is 0. The Balaban J connectivity index is 0. The van der Waals surface area contributed by atoms with E-state index in [4.69, 9.17) is 0 Å². The second-order valence-electron chi connectivity index (χ2n) is 1.81. The molecule has 0 aliphatic carbocycles. The molecule has 0 nitrogen and oxygen atoms in total. The SMILES string of the molecule is CCCCCC.ICI. The summed E-state index contributed by atoms with van der Waals surface area (Å²) in [6, 6.07) is 0. The smallest absolute Gasteiger partial charge is 0.0516 e. The summed E-state index contributed by atoms with van der Waals surface area (Å²) < 4.78 is 1.19. The van der Waals surface area contributed by atoms with Gasteiger partial charge in [-0.05, 0) is 0 Å². The van der Waals surface area contributed by atoms with Crippen LogP contribution in [0.3, 0.4) is 0 Å². The van der Waals surface area contributed by atoms with Gasteiger partial charge >= 0.3 is 0 Å². The van der Waals surface area contributed by atoms with Crippen LogP contribution in [0.5, 0.6) is 0 Å². The van der Waals surface area contributed by atoms with Gasteiger partial charge in [0.2, 0.25) is 0 Å². The quantitative estimate of drug-likeness (QED) is 0.400. The van der Waals surface area contributed by atoms with Crippen molar-refractivity contribution in [2.45, 2.75) is 39.5 Å². The zero-order chi connectivity index (χ0) is 7.54. The van der Waals surface area contributed by atoms with Crippen LogP contribution in [0.15, 0.2) is 0 Å². The van der Waals surface area contributed by atoms with Crippen molar-refractivity contribution in [1.82, 2.24) is 0 Å². The Morgan fingerprint density at radius 2 is 1.11 bits per heavy atom. The molecule has 0 saturated carbocycles. The van der Waals surface area contributed by atoms with E-state index in [9.17, 15) is 0 Å². The van der Waals surface area contributed by atoms with Gasteiger partial charge in [-0.15, -0.1) is 0 Å². The van der Waals surface area contributed by atoms with E-state index in [1.807, 2.05) is 0 Å². The van der Waals surface area contributed by atoms with Crippen LogP contribution in [0.4, 0.5) is 0 Å². The zero-order valence-corrected chi connectivity index (χ0v) is 10.6. The van der Waals surface area contributed by atoms with Crippen LogP contribution in [0.1, 0.15) is 39.5 Å². The van der Waals surface area contributed by atoms with Crippen LogP contribution >= 0.6 is 45.2 Å². The van der Waals surface area contributed by atoms with Crippen molar-refractivity contribution in [3.63, 3.8) is 0 Å². The maximum Gasteiger partial charge on any atom is 0.0516 e. The minimum Gasteiger partial charge on any atom is -0.0748 e. The van der Waals surface area contributed by atoms with Crippen molar-refractivity contribution in [2.75, 3.05) is 2.43 Å². The lowest BCUT2D eigenvalue weighted by molar-refractivity contribution is 0.702. The Hall–Kier alpha value is 1.46. The predicted octanol–water partition coefficient (Wildman–Crippen LogP) is 4.40. The lowest BCUT2D eigenvalue weighted by Gasteiger charge is -1.86. The Labute approximate surface area is 86.5 Å². The molecular formula is C7H16I2. The first-order valence-corrected chi connectivity index (χ1v) is 6.50. The Kier molecular flexibility index (Phi) is 23.6. The fourth-order valence-corrected chi connectivity index (χ4v) is 0.500. The van der Waals surface area contributed by atoms with E-state index in [1.54, 1.807) is 0 Å². The maximum absolute atomic E-state index is 2.28. The van der Waals surface area contributed by atoms with Crippen molar-refractivity contribution >= 4 is 45.2 Å². The molecule has 0 aliphatic heterocycles. The van der Waals surface area contributed by atoms with E-state index in [2.05, 4.69) is 59.0 Å². The molecule has 0 rings (SSSR count). The highest BCUT2D eigenvalue weighted by molar-refractivity contribution is 14.2. The highest BCUT2D eigenvalue weighted by Crippen LogP contribution is 1.95. The topological polar surface area (TPSA) is 0 Å². The van der Waals surface area contributed by atoms with Crippen LogP contribution in [-0.2, 0) is 0 Å². The molecule has 0 unspecified atom stereocenters. The first-order chi connectivity index (χ1) is 4.33. The fourth-order valence-electron chi connectivity index (χ4n) is 0.500. The highest BCUT2D eigenvalue weighted by atomic mass is 127. The molecule has 0 amide bonds. The molecule has 0 aliphatic rings. The van der Waals surface area contributed by atoms with E-state index in [0.717, 1.165) is 0 Å². The average Bonchev–Trinajstić information content (AvgIpc) is 1.86. The van der Waals surface area contributed by atoms with E-state index < -0.39 is 0 Å². The number of unbranched alkanes of at least 4 members (excludes halogenated alkanes) is 3. The lowest BCUT2D eigenvalue weighted by Crippen LogP contribution is -1.66. The lowest BCUT2D eigenvalue weighted by atomic mass is 10.2. The first-order valence-electron chi connectivity index (χ1n) is 3.45. The van der Waals surface area contributed by atoms with Crippen LogP contribution < -0.4 is 0 Å². The van der Waals surface area contributed by atoms with Crippen LogP contribution in [0.25, 0.3) is 0 Å². The van der Waals surface area contributed by atoms with Gasteiger partial charge in [-0.3, -0.25) is 0 Å². The monoisotopic (exact) mass is 354 g/mol. The van der Waals surface area contributed by atoms with Gasteiger partial charge in [-0.25, -0.2) is 0 Å². The molecule has 0 fully saturated rings. The van der Waals surface area contributed by atoms with Crippen molar-refractivity contribution in [3.8, 4) is 0 Å². The van der Waals surface area contributed by atoms with Gasteiger partial charge in [0.15, 0.2) is 0 Å². The molecule has 0 radical (unpaired) electrons. The second-order valence-corrected chi connectivity index (χ2v) is 6.25. The number of alkyl halides is 2. The average molecular weight is 354 g/mol. The van der Waals surface area contributed by atoms with Gasteiger partial charge in [0, 0.05) is 0 Å². The van der Waals surface area contributed by atoms with E-state index in [-0.39, 0.29) is 0 Å². The maximum atomic E-state index is 2.28.